The molecule has 3 amide bonds. The van der Waals surface area contributed by atoms with Crippen LogP contribution >= 0.6 is 0 Å². The number of para-hydroxylation sites is 1. The van der Waals surface area contributed by atoms with Crippen LogP contribution in [0.15, 0.2) is 60.7 Å². The molecule has 2 aromatic rings. The number of rotatable bonds is 9. The van der Waals surface area contributed by atoms with E-state index in [1.807, 2.05) is 67.6 Å². The van der Waals surface area contributed by atoms with Gasteiger partial charge in [0.1, 0.15) is 11.6 Å². The van der Waals surface area contributed by atoms with Gasteiger partial charge >= 0.3 is 0 Å². The predicted octanol–water partition coefficient (Wildman–Crippen LogP) is 3.83. The van der Waals surface area contributed by atoms with Gasteiger partial charge in [0.05, 0.1) is 30.1 Å². The number of hydrogen-bond donors (Lipinski definition) is 3. The Kier molecular flexibility index (Phi) is 7.64. The standard InChI is InChI=1S/C33H41N3O5/c1-2-32-18-19-33(41-32)27(26(32)29(38)34-23-14-8-4-9-15-23)31(40)36(25(21-37)20-22-12-6-3-7-13-22)28(33)30(39)35-24-16-10-5-11-17-24/h3-4,6-9,12-15,24-28,37H,2,5,10-11,16-21H2,1H3,(H,34,38)(H,35,39)/t25-,26-,27+,28?,32+,33?/m1/s1. The third-order valence-corrected chi connectivity index (χ3v) is 10.1. The summed E-state index contributed by atoms with van der Waals surface area (Å²) >= 11 is 0. The normalized spacial score (nSPS) is 31.6. The molecule has 3 heterocycles. The number of hydrogen-bond acceptors (Lipinski definition) is 5. The van der Waals surface area contributed by atoms with Crippen molar-refractivity contribution >= 4 is 23.4 Å². The molecule has 4 aliphatic rings. The van der Waals surface area contributed by atoms with Gasteiger partial charge in [-0.2, -0.15) is 0 Å². The van der Waals surface area contributed by atoms with E-state index in [2.05, 4.69) is 10.6 Å². The van der Waals surface area contributed by atoms with Gasteiger partial charge in [-0.25, -0.2) is 0 Å². The summed E-state index contributed by atoms with van der Waals surface area (Å²) in [6.07, 6.45) is 7.22. The number of fused-ring (bicyclic) bond motifs is 1. The van der Waals surface area contributed by atoms with Crippen LogP contribution in [0.5, 0.6) is 0 Å². The molecule has 0 aromatic heterocycles. The molecule has 8 heteroatoms. The van der Waals surface area contributed by atoms with E-state index in [1.165, 1.54) is 0 Å². The highest BCUT2D eigenvalue weighted by molar-refractivity contribution is 6.02. The molecule has 3 saturated heterocycles. The maximum Gasteiger partial charge on any atom is 0.246 e. The molecule has 3 N–H and O–H groups in total. The summed E-state index contributed by atoms with van der Waals surface area (Å²) in [5.74, 6) is -2.29. The average Bonchev–Trinajstić information content (AvgIpc) is 3.61. The smallest absolute Gasteiger partial charge is 0.246 e. The van der Waals surface area contributed by atoms with Gasteiger partial charge in [-0.15, -0.1) is 0 Å². The summed E-state index contributed by atoms with van der Waals surface area (Å²) in [4.78, 5) is 44.4. The molecule has 2 aromatic carbocycles. The van der Waals surface area contributed by atoms with Crippen LogP contribution in [0.25, 0.3) is 0 Å². The highest BCUT2D eigenvalue weighted by Gasteiger charge is 2.79. The largest absolute Gasteiger partial charge is 0.394 e. The molecule has 2 unspecified atom stereocenters. The Morgan fingerprint density at radius 3 is 2.34 bits per heavy atom. The van der Waals surface area contributed by atoms with Crippen LogP contribution in [-0.2, 0) is 25.5 Å². The quantitative estimate of drug-likeness (QED) is 0.433. The molecule has 6 atom stereocenters. The number of benzene rings is 2. The van der Waals surface area contributed by atoms with E-state index in [4.69, 9.17) is 4.74 Å². The van der Waals surface area contributed by atoms with Gasteiger partial charge in [-0.3, -0.25) is 14.4 Å². The molecular formula is C33H41N3O5. The second-order valence-corrected chi connectivity index (χ2v) is 12.3. The fraction of sp³-hybridized carbons (Fsp3) is 0.545. The Labute approximate surface area is 241 Å². The number of amides is 3. The third-order valence-electron chi connectivity index (χ3n) is 10.1. The number of aliphatic hydroxyl groups excluding tert-OH is 1. The SMILES string of the molecule is CC[C@@]12CCC3(O1)C(C(=O)NC1CCCCC1)N([C@@H](CO)Cc1ccccc1)C(=O)[C@@H]3[C@@H]2C(=O)Nc1ccccc1. The highest BCUT2D eigenvalue weighted by Crippen LogP contribution is 2.64. The maximum absolute atomic E-state index is 14.6. The minimum absolute atomic E-state index is 0.0567. The van der Waals surface area contributed by atoms with Crippen LogP contribution in [0.3, 0.4) is 0 Å². The van der Waals surface area contributed by atoms with Crippen molar-refractivity contribution in [1.29, 1.82) is 0 Å². The number of nitrogens with one attached hydrogen (secondary N) is 2. The summed E-state index contributed by atoms with van der Waals surface area (Å²) in [6.45, 7) is 1.70. The van der Waals surface area contributed by atoms with Crippen molar-refractivity contribution in [3.05, 3.63) is 66.2 Å². The van der Waals surface area contributed by atoms with Crippen LogP contribution in [0.4, 0.5) is 5.69 Å². The lowest BCUT2D eigenvalue weighted by Gasteiger charge is -2.38. The number of ether oxygens (including phenoxy) is 1. The van der Waals surface area contributed by atoms with Crippen molar-refractivity contribution in [2.45, 2.75) is 94.0 Å². The van der Waals surface area contributed by atoms with Crippen LogP contribution in [0.2, 0.25) is 0 Å². The molecule has 41 heavy (non-hydrogen) atoms. The van der Waals surface area contributed by atoms with E-state index < -0.39 is 35.1 Å². The van der Waals surface area contributed by atoms with Gasteiger partial charge in [-0.1, -0.05) is 74.7 Å². The van der Waals surface area contributed by atoms with Crippen LogP contribution < -0.4 is 10.6 Å². The number of nitrogens with zero attached hydrogens (tertiary/aromatic N) is 1. The van der Waals surface area contributed by atoms with Crippen molar-refractivity contribution in [3.8, 4) is 0 Å². The zero-order valence-electron chi connectivity index (χ0n) is 23.8. The van der Waals surface area contributed by atoms with Gasteiger partial charge < -0.3 is 25.4 Å². The topological polar surface area (TPSA) is 108 Å². The molecule has 1 aliphatic carbocycles. The summed E-state index contributed by atoms with van der Waals surface area (Å²) in [5.41, 5.74) is -0.307. The predicted molar refractivity (Wildman–Crippen MR) is 155 cm³/mol. The number of likely N-dealkylation sites (tertiary alicyclic amines) is 1. The van der Waals surface area contributed by atoms with E-state index in [0.29, 0.717) is 31.4 Å². The Hall–Kier alpha value is -3.23. The van der Waals surface area contributed by atoms with Gasteiger partial charge in [0.25, 0.3) is 0 Å². The van der Waals surface area contributed by atoms with Gasteiger partial charge in [0.2, 0.25) is 17.7 Å². The Morgan fingerprint density at radius 2 is 1.68 bits per heavy atom. The molecule has 0 radical (unpaired) electrons. The summed E-state index contributed by atoms with van der Waals surface area (Å²) in [5, 5.41) is 16.9. The average molecular weight is 560 g/mol. The molecular weight excluding hydrogens is 518 g/mol. The minimum Gasteiger partial charge on any atom is -0.394 e. The molecule has 1 spiro atoms. The second kappa shape index (κ2) is 11.2. The molecule has 3 aliphatic heterocycles. The second-order valence-electron chi connectivity index (χ2n) is 12.3. The van der Waals surface area contributed by atoms with Crippen molar-refractivity contribution < 1.29 is 24.2 Å². The lowest BCUT2D eigenvalue weighted by molar-refractivity contribution is -0.150. The van der Waals surface area contributed by atoms with E-state index >= 15 is 0 Å². The first-order valence-electron chi connectivity index (χ1n) is 15.3. The monoisotopic (exact) mass is 559 g/mol. The molecule has 2 bridgehead atoms. The fourth-order valence-corrected chi connectivity index (χ4v) is 8.15. The summed E-state index contributed by atoms with van der Waals surface area (Å²) in [7, 11) is 0. The number of aliphatic hydroxyl groups is 1. The van der Waals surface area contributed by atoms with Gasteiger partial charge in [-0.05, 0) is 56.2 Å². The Balaban J connectivity index is 1.38. The van der Waals surface area contributed by atoms with E-state index in [-0.39, 0.29) is 30.4 Å². The van der Waals surface area contributed by atoms with Crippen LogP contribution in [-0.4, -0.2) is 63.7 Å². The van der Waals surface area contributed by atoms with Gasteiger partial charge in [0, 0.05) is 11.7 Å². The molecule has 1 saturated carbocycles. The van der Waals surface area contributed by atoms with Crippen LogP contribution in [0, 0.1) is 11.8 Å². The van der Waals surface area contributed by atoms with E-state index in [0.717, 1.165) is 37.7 Å². The van der Waals surface area contributed by atoms with Gasteiger partial charge in [0.15, 0.2) is 0 Å². The lowest BCUT2D eigenvalue weighted by atomic mass is 9.65. The highest BCUT2D eigenvalue weighted by atomic mass is 16.5. The summed E-state index contributed by atoms with van der Waals surface area (Å²) in [6, 6.07) is 17.5. The molecule has 6 rings (SSSR count). The maximum atomic E-state index is 14.6. The van der Waals surface area contributed by atoms with E-state index in [1.54, 1.807) is 4.90 Å². The third kappa shape index (κ3) is 4.75. The van der Waals surface area contributed by atoms with E-state index in [9.17, 15) is 19.5 Å². The van der Waals surface area contributed by atoms with Crippen LogP contribution in [0.1, 0.15) is 63.9 Å². The number of carbonyl (C=O) groups excluding carboxylic acids is 3. The first-order valence-corrected chi connectivity index (χ1v) is 15.3. The van der Waals surface area contributed by atoms with Crippen molar-refractivity contribution in [3.63, 3.8) is 0 Å². The summed E-state index contributed by atoms with van der Waals surface area (Å²) < 4.78 is 6.89. The Morgan fingerprint density at radius 1 is 1.00 bits per heavy atom. The zero-order valence-corrected chi connectivity index (χ0v) is 23.8. The zero-order chi connectivity index (χ0) is 28.6. The molecule has 8 nitrogen and oxygen atoms in total. The molecule has 218 valence electrons. The number of anilines is 1. The first kappa shape index (κ1) is 27.9. The van der Waals surface area contributed by atoms with Crippen molar-refractivity contribution in [2.75, 3.05) is 11.9 Å². The minimum atomic E-state index is -1.12. The molecule has 4 fully saturated rings. The fourth-order valence-electron chi connectivity index (χ4n) is 8.15. The number of carbonyl (C=O) groups is 3. The van der Waals surface area contributed by atoms with Crippen molar-refractivity contribution in [2.24, 2.45) is 11.8 Å². The Bertz CT molecular complexity index is 1270. The van der Waals surface area contributed by atoms with Crippen molar-refractivity contribution in [1.82, 2.24) is 10.2 Å². The lowest BCUT2D eigenvalue weighted by Crippen LogP contribution is -2.59. The first-order chi connectivity index (χ1) is 19.9.